The van der Waals surface area contributed by atoms with Crippen molar-refractivity contribution in [3.05, 3.63) is 51.7 Å². The van der Waals surface area contributed by atoms with Crippen LogP contribution in [0, 0.1) is 12.8 Å². The fourth-order valence-electron chi connectivity index (χ4n) is 2.46. The third kappa shape index (κ3) is 6.71. The minimum absolute atomic E-state index is 0.0111. The summed E-state index contributed by atoms with van der Waals surface area (Å²) >= 11 is 1.75. The Morgan fingerprint density at radius 1 is 1.22 bits per heavy atom. The number of guanidine groups is 1. The van der Waals surface area contributed by atoms with E-state index in [1.54, 1.807) is 11.3 Å². The second kappa shape index (κ2) is 10.7. The monoisotopic (exact) mass is 386 g/mol. The fourth-order valence-corrected chi connectivity index (χ4v) is 3.31. The minimum atomic E-state index is 0.0111. The van der Waals surface area contributed by atoms with Crippen LogP contribution in [-0.4, -0.2) is 18.4 Å². The molecule has 0 fully saturated rings. The Bertz CT molecular complexity index is 769. The molecular weight excluding hydrogens is 356 g/mol. The fraction of sp³-hybridized carbons (Fsp3) is 0.429. The first-order valence-corrected chi connectivity index (χ1v) is 10.4. The van der Waals surface area contributed by atoms with Crippen LogP contribution in [0.1, 0.15) is 43.2 Å². The van der Waals surface area contributed by atoms with Crippen LogP contribution in [0.2, 0.25) is 0 Å². The van der Waals surface area contributed by atoms with Crippen LogP contribution >= 0.6 is 11.3 Å². The lowest BCUT2D eigenvalue weighted by atomic mass is 10.1. The molecule has 146 valence electrons. The molecule has 27 heavy (non-hydrogen) atoms. The summed E-state index contributed by atoms with van der Waals surface area (Å²) in [5.74, 6) is 0.857. The molecule has 0 aliphatic carbocycles. The van der Waals surface area contributed by atoms with Crippen LogP contribution in [0.25, 0.3) is 0 Å². The summed E-state index contributed by atoms with van der Waals surface area (Å²) in [6, 6.07) is 10.0. The van der Waals surface area contributed by atoms with Crippen molar-refractivity contribution in [1.29, 1.82) is 0 Å². The van der Waals surface area contributed by atoms with Gasteiger partial charge in [0.15, 0.2) is 5.96 Å². The van der Waals surface area contributed by atoms with Gasteiger partial charge in [-0.05, 0) is 55.0 Å². The Morgan fingerprint density at radius 2 is 2.04 bits per heavy atom. The number of hydrogen-bond donors (Lipinski definition) is 3. The van der Waals surface area contributed by atoms with E-state index in [9.17, 15) is 4.79 Å². The molecular formula is C21H30N4OS. The number of nitrogens with one attached hydrogen (secondary N) is 3. The van der Waals surface area contributed by atoms with Gasteiger partial charge in [-0.2, -0.15) is 0 Å². The topological polar surface area (TPSA) is 65.5 Å². The normalized spacial score (nSPS) is 12.5. The number of nitrogens with zero attached hydrogens (tertiary/aromatic N) is 1. The summed E-state index contributed by atoms with van der Waals surface area (Å²) in [5, 5.41) is 11.7. The molecule has 2 rings (SSSR count). The van der Waals surface area contributed by atoms with Gasteiger partial charge in [-0.25, -0.2) is 4.99 Å². The molecule has 1 amide bonds. The summed E-state index contributed by atoms with van der Waals surface area (Å²) in [7, 11) is 0. The highest BCUT2D eigenvalue weighted by Crippen LogP contribution is 2.15. The van der Waals surface area contributed by atoms with E-state index in [2.05, 4.69) is 46.2 Å². The number of hydrogen-bond acceptors (Lipinski definition) is 3. The molecule has 0 bridgehead atoms. The molecule has 1 atom stereocenters. The van der Waals surface area contributed by atoms with Crippen molar-refractivity contribution in [3.63, 3.8) is 0 Å². The average Bonchev–Trinajstić information content (AvgIpc) is 3.08. The van der Waals surface area contributed by atoms with Crippen molar-refractivity contribution in [1.82, 2.24) is 10.6 Å². The predicted octanol–water partition coefficient (Wildman–Crippen LogP) is 4.30. The predicted molar refractivity (Wildman–Crippen MR) is 115 cm³/mol. The van der Waals surface area contributed by atoms with Gasteiger partial charge in [-0.3, -0.25) is 4.79 Å². The maximum Gasteiger partial charge on any atom is 0.227 e. The van der Waals surface area contributed by atoms with Crippen molar-refractivity contribution in [3.8, 4) is 0 Å². The maximum absolute atomic E-state index is 12.1. The van der Waals surface area contributed by atoms with Crippen LogP contribution in [0.15, 0.2) is 40.7 Å². The van der Waals surface area contributed by atoms with Crippen molar-refractivity contribution < 1.29 is 4.79 Å². The third-order valence-electron chi connectivity index (χ3n) is 4.40. The number of carbonyl (C=O) groups is 1. The largest absolute Gasteiger partial charge is 0.357 e. The molecule has 0 radical (unpaired) electrons. The van der Waals surface area contributed by atoms with E-state index >= 15 is 0 Å². The molecule has 1 aromatic carbocycles. The number of anilines is 1. The number of amides is 1. The molecule has 0 aliphatic rings. The van der Waals surface area contributed by atoms with Gasteiger partial charge in [0.1, 0.15) is 0 Å². The van der Waals surface area contributed by atoms with Gasteiger partial charge >= 0.3 is 0 Å². The van der Waals surface area contributed by atoms with E-state index in [0.29, 0.717) is 6.54 Å². The maximum atomic E-state index is 12.1. The van der Waals surface area contributed by atoms with Gasteiger partial charge in [0.25, 0.3) is 0 Å². The number of benzene rings is 1. The minimum Gasteiger partial charge on any atom is -0.357 e. The molecule has 5 nitrogen and oxygen atoms in total. The number of carbonyl (C=O) groups excluding carboxylic acids is 1. The zero-order chi connectivity index (χ0) is 19.6. The highest BCUT2D eigenvalue weighted by molar-refractivity contribution is 7.10. The van der Waals surface area contributed by atoms with Crippen LogP contribution in [0.3, 0.4) is 0 Å². The lowest BCUT2D eigenvalue weighted by Crippen LogP contribution is -2.36. The van der Waals surface area contributed by atoms with Crippen LogP contribution in [0.5, 0.6) is 0 Å². The van der Waals surface area contributed by atoms with E-state index in [1.807, 2.05) is 38.1 Å². The number of thiophene rings is 1. The average molecular weight is 387 g/mol. The lowest BCUT2D eigenvalue weighted by Gasteiger charge is -2.12. The first-order valence-electron chi connectivity index (χ1n) is 9.48. The number of aryl methyl sites for hydroxylation is 1. The van der Waals surface area contributed by atoms with Gasteiger partial charge < -0.3 is 16.0 Å². The second-order valence-corrected chi connectivity index (χ2v) is 7.58. The molecule has 0 spiro atoms. The first kappa shape index (κ1) is 21.0. The smallest absolute Gasteiger partial charge is 0.227 e. The highest BCUT2D eigenvalue weighted by atomic mass is 32.1. The standard InChI is InChI=1S/C21H30N4OS/c1-5-15(3)20(26)25-18-9-7-8-17(12-18)13-23-21(22-6-2)24-14-19-16(4)10-11-27-19/h7-12,15H,5-6,13-14H2,1-4H3,(H,25,26)(H2,22,23,24). The third-order valence-corrected chi connectivity index (χ3v) is 5.43. The summed E-state index contributed by atoms with van der Waals surface area (Å²) < 4.78 is 0. The number of rotatable bonds is 8. The molecule has 2 aromatic rings. The van der Waals surface area contributed by atoms with Crippen molar-refractivity contribution >= 4 is 28.9 Å². The Hall–Kier alpha value is -2.34. The van der Waals surface area contributed by atoms with E-state index in [0.717, 1.165) is 36.7 Å². The second-order valence-electron chi connectivity index (χ2n) is 6.57. The van der Waals surface area contributed by atoms with Gasteiger partial charge in [0.05, 0.1) is 13.1 Å². The van der Waals surface area contributed by atoms with E-state index in [-0.39, 0.29) is 11.8 Å². The molecule has 3 N–H and O–H groups in total. The number of aliphatic imine (C=N–C) groups is 1. The molecule has 0 saturated heterocycles. The zero-order valence-corrected chi connectivity index (χ0v) is 17.5. The van der Waals surface area contributed by atoms with Crippen LogP contribution < -0.4 is 16.0 Å². The van der Waals surface area contributed by atoms with Crippen LogP contribution in [0.4, 0.5) is 5.69 Å². The van der Waals surface area contributed by atoms with Gasteiger partial charge in [-0.1, -0.05) is 26.0 Å². The molecule has 1 aromatic heterocycles. The summed E-state index contributed by atoms with van der Waals surface area (Å²) in [5.41, 5.74) is 3.18. The SMILES string of the molecule is CCNC(=NCc1cccc(NC(=O)C(C)CC)c1)NCc1sccc1C. The van der Waals surface area contributed by atoms with Crippen LogP contribution in [-0.2, 0) is 17.9 Å². The molecule has 1 unspecified atom stereocenters. The van der Waals surface area contributed by atoms with Crippen molar-refractivity contribution in [2.75, 3.05) is 11.9 Å². The molecule has 0 saturated carbocycles. The molecule has 0 aliphatic heterocycles. The quantitative estimate of drug-likeness (QED) is 0.468. The van der Waals surface area contributed by atoms with E-state index < -0.39 is 0 Å². The first-order chi connectivity index (χ1) is 13.0. The van der Waals surface area contributed by atoms with Gasteiger partial charge in [-0.15, -0.1) is 11.3 Å². The Labute approximate surface area is 166 Å². The van der Waals surface area contributed by atoms with Gasteiger partial charge in [0, 0.05) is 23.0 Å². The van der Waals surface area contributed by atoms with Crippen molar-refractivity contribution in [2.24, 2.45) is 10.9 Å². The Morgan fingerprint density at radius 3 is 2.70 bits per heavy atom. The zero-order valence-electron chi connectivity index (χ0n) is 16.6. The summed E-state index contributed by atoms with van der Waals surface area (Å²) in [6.07, 6.45) is 0.831. The summed E-state index contributed by atoms with van der Waals surface area (Å²) in [6.45, 7) is 10.2. The highest BCUT2D eigenvalue weighted by Gasteiger charge is 2.10. The molecule has 1 heterocycles. The Balaban J connectivity index is 1.99. The van der Waals surface area contributed by atoms with Gasteiger partial charge in [0.2, 0.25) is 5.91 Å². The molecule has 6 heteroatoms. The van der Waals surface area contributed by atoms with E-state index in [1.165, 1.54) is 10.4 Å². The Kier molecular flexibility index (Phi) is 8.33. The lowest BCUT2D eigenvalue weighted by molar-refractivity contribution is -0.119. The summed E-state index contributed by atoms with van der Waals surface area (Å²) in [4.78, 5) is 18.1. The van der Waals surface area contributed by atoms with E-state index in [4.69, 9.17) is 0 Å². The van der Waals surface area contributed by atoms with Crippen molar-refractivity contribution in [2.45, 2.75) is 47.2 Å².